The fourth-order valence-electron chi connectivity index (χ4n) is 4.12. The number of aromatic nitrogens is 1. The zero-order chi connectivity index (χ0) is 17.3. The van der Waals surface area contributed by atoms with Crippen molar-refractivity contribution in [1.29, 1.82) is 0 Å². The first-order chi connectivity index (χ1) is 11.1. The second-order valence-corrected chi connectivity index (χ2v) is 7.58. The van der Waals surface area contributed by atoms with E-state index in [0.717, 1.165) is 11.3 Å². The van der Waals surface area contributed by atoms with E-state index in [1.54, 1.807) is 6.07 Å². The topological polar surface area (TPSA) is 83.7 Å². The number of nitrogens with zero attached hydrogens (tertiary/aromatic N) is 2. The van der Waals surface area contributed by atoms with Crippen molar-refractivity contribution in [3.63, 3.8) is 0 Å². The Hall–Kier alpha value is -1.83. The third-order valence-corrected chi connectivity index (χ3v) is 5.01. The number of ether oxygens (including phenoxy) is 3. The Morgan fingerprint density at radius 3 is 2.54 bits per heavy atom. The van der Waals surface area contributed by atoms with Gasteiger partial charge in [0.2, 0.25) is 0 Å². The number of fused-ring (bicyclic) bond motifs is 5. The van der Waals surface area contributed by atoms with Gasteiger partial charge in [-0.25, -0.2) is 4.98 Å². The van der Waals surface area contributed by atoms with E-state index in [0.29, 0.717) is 6.42 Å². The molecule has 3 aliphatic heterocycles. The molecule has 0 aromatic carbocycles. The monoisotopic (exact) mass is 332 g/mol. The number of nitro groups is 1. The van der Waals surface area contributed by atoms with Gasteiger partial charge in [-0.2, -0.15) is 0 Å². The van der Waals surface area contributed by atoms with Gasteiger partial charge in [-0.3, -0.25) is 10.1 Å². The normalized spacial score (nSPS) is 39.4. The van der Waals surface area contributed by atoms with Crippen molar-refractivity contribution in [3.8, 4) is 0 Å². The maximum absolute atomic E-state index is 10.8. The zero-order valence-corrected chi connectivity index (χ0v) is 14.1. The van der Waals surface area contributed by atoms with Crippen LogP contribution in [-0.4, -0.2) is 39.1 Å². The van der Waals surface area contributed by atoms with Gasteiger partial charge in [0, 0.05) is 12.5 Å². The summed E-state index contributed by atoms with van der Waals surface area (Å²) in [4.78, 5) is 14.6. The molecular formula is C17H20N2O5. The first-order valence-electron chi connectivity index (χ1n) is 8.00. The van der Waals surface area contributed by atoms with Crippen LogP contribution in [0.25, 0.3) is 5.57 Å². The average Bonchev–Trinajstić information content (AvgIpc) is 2.89. The van der Waals surface area contributed by atoms with Crippen LogP contribution >= 0.6 is 0 Å². The molecule has 7 heteroatoms. The van der Waals surface area contributed by atoms with Crippen molar-refractivity contribution >= 4 is 11.3 Å². The fourth-order valence-corrected chi connectivity index (χ4v) is 4.12. The first-order valence-corrected chi connectivity index (χ1v) is 8.00. The van der Waals surface area contributed by atoms with Crippen LogP contribution in [-0.2, 0) is 14.2 Å². The summed E-state index contributed by atoms with van der Waals surface area (Å²) in [5.41, 5.74) is 0.587. The average molecular weight is 332 g/mol. The van der Waals surface area contributed by atoms with E-state index in [1.165, 1.54) is 12.3 Å². The highest BCUT2D eigenvalue weighted by Gasteiger charge is 2.66. The lowest BCUT2D eigenvalue weighted by Crippen LogP contribution is -2.43. The van der Waals surface area contributed by atoms with Crippen LogP contribution in [0.5, 0.6) is 0 Å². The van der Waals surface area contributed by atoms with Crippen molar-refractivity contribution in [2.45, 2.75) is 63.3 Å². The van der Waals surface area contributed by atoms with E-state index >= 15 is 0 Å². The molecule has 0 spiro atoms. The summed E-state index contributed by atoms with van der Waals surface area (Å²) < 4.78 is 18.5. The molecule has 0 N–H and O–H groups in total. The lowest BCUT2D eigenvalue weighted by Gasteiger charge is -2.38. The second kappa shape index (κ2) is 4.62. The summed E-state index contributed by atoms with van der Waals surface area (Å²) >= 11 is 0. The van der Waals surface area contributed by atoms with Gasteiger partial charge in [0.25, 0.3) is 5.69 Å². The number of rotatable bonds is 2. The lowest BCUT2D eigenvalue weighted by molar-refractivity contribution is -0.385. The highest BCUT2D eigenvalue weighted by Crippen LogP contribution is 2.55. The molecule has 4 rings (SSSR count). The number of pyridine rings is 1. The van der Waals surface area contributed by atoms with Crippen molar-refractivity contribution in [2.24, 2.45) is 0 Å². The minimum Gasteiger partial charge on any atom is -0.359 e. The molecule has 4 heterocycles. The van der Waals surface area contributed by atoms with E-state index < -0.39 is 21.9 Å². The SMILES string of the molecule is CC1(C)O[C@@H]2[C@H](O1)[C@@]1(C)C=C(c3ccc([N+](=O)[O-])cn3)C[C@]2(C)O1. The minimum atomic E-state index is -0.626. The third kappa shape index (κ3) is 2.19. The van der Waals surface area contributed by atoms with Gasteiger partial charge in [-0.1, -0.05) is 0 Å². The molecule has 2 saturated heterocycles. The smallest absolute Gasteiger partial charge is 0.287 e. The van der Waals surface area contributed by atoms with Gasteiger partial charge in [0.15, 0.2) is 5.79 Å². The van der Waals surface area contributed by atoms with Crippen molar-refractivity contribution in [2.75, 3.05) is 0 Å². The van der Waals surface area contributed by atoms with Gasteiger partial charge in [-0.15, -0.1) is 0 Å². The summed E-state index contributed by atoms with van der Waals surface area (Å²) in [6.45, 7) is 7.84. The van der Waals surface area contributed by atoms with E-state index in [2.05, 4.69) is 4.98 Å². The molecule has 7 nitrogen and oxygen atoms in total. The molecule has 0 amide bonds. The van der Waals surface area contributed by atoms with Gasteiger partial charge in [-0.05, 0) is 45.4 Å². The summed E-state index contributed by atoms with van der Waals surface area (Å²) in [7, 11) is 0. The van der Waals surface area contributed by atoms with Crippen LogP contribution in [0.3, 0.4) is 0 Å². The maximum atomic E-state index is 10.8. The molecule has 0 saturated carbocycles. The highest BCUT2D eigenvalue weighted by molar-refractivity contribution is 5.67. The second-order valence-electron chi connectivity index (χ2n) is 7.58. The largest absolute Gasteiger partial charge is 0.359 e. The Kier molecular flexibility index (Phi) is 3.02. The van der Waals surface area contributed by atoms with E-state index in [4.69, 9.17) is 14.2 Å². The van der Waals surface area contributed by atoms with Crippen LogP contribution in [0.4, 0.5) is 5.69 Å². The Morgan fingerprint density at radius 1 is 1.21 bits per heavy atom. The Labute approximate surface area is 139 Å². The standard InChI is InChI=1S/C17H20N2O5/c1-15(2)22-13-14(23-15)17(4)8-10(7-16(13,3)24-17)12-6-5-11(9-18-12)19(20)21/h5-7,9,13-14H,8H2,1-4H3/t13-,14+,16+,17-/m0/s1. The Bertz CT molecular complexity index is 744. The van der Waals surface area contributed by atoms with Gasteiger partial charge in [0.1, 0.15) is 24.0 Å². The molecule has 1 aromatic rings. The first kappa shape index (κ1) is 15.7. The predicted molar refractivity (Wildman–Crippen MR) is 85.2 cm³/mol. The quantitative estimate of drug-likeness (QED) is 0.612. The molecule has 0 aliphatic carbocycles. The Morgan fingerprint density at radius 2 is 1.92 bits per heavy atom. The molecule has 2 fully saturated rings. The third-order valence-electron chi connectivity index (χ3n) is 5.01. The molecule has 4 atom stereocenters. The molecule has 128 valence electrons. The summed E-state index contributed by atoms with van der Waals surface area (Å²) in [5, 5.41) is 10.8. The summed E-state index contributed by atoms with van der Waals surface area (Å²) in [5.74, 6) is -0.626. The van der Waals surface area contributed by atoms with Crippen LogP contribution in [0, 0.1) is 10.1 Å². The van der Waals surface area contributed by atoms with Crippen LogP contribution in [0.2, 0.25) is 0 Å². The molecule has 0 radical (unpaired) electrons. The summed E-state index contributed by atoms with van der Waals surface area (Å²) in [6.07, 6.45) is 3.58. The van der Waals surface area contributed by atoms with Crippen molar-refractivity contribution in [3.05, 3.63) is 40.2 Å². The molecular weight excluding hydrogens is 312 g/mol. The van der Waals surface area contributed by atoms with Crippen molar-refractivity contribution < 1.29 is 19.1 Å². The lowest BCUT2D eigenvalue weighted by atomic mass is 9.90. The van der Waals surface area contributed by atoms with E-state index in [1.807, 2.05) is 33.8 Å². The van der Waals surface area contributed by atoms with Gasteiger partial charge < -0.3 is 14.2 Å². The van der Waals surface area contributed by atoms with E-state index in [-0.39, 0.29) is 17.9 Å². The predicted octanol–water partition coefficient (Wildman–Crippen LogP) is 2.84. The Balaban J connectivity index is 1.71. The van der Waals surface area contributed by atoms with Gasteiger partial charge in [0.05, 0.1) is 16.2 Å². The molecule has 3 aliphatic rings. The van der Waals surface area contributed by atoms with Crippen LogP contribution in [0.15, 0.2) is 24.4 Å². The molecule has 1 aromatic heterocycles. The van der Waals surface area contributed by atoms with Crippen LogP contribution in [0.1, 0.15) is 39.8 Å². The van der Waals surface area contributed by atoms with Gasteiger partial charge >= 0.3 is 0 Å². The van der Waals surface area contributed by atoms with Crippen molar-refractivity contribution in [1.82, 2.24) is 4.98 Å². The van der Waals surface area contributed by atoms with E-state index in [9.17, 15) is 10.1 Å². The number of hydrogen-bond acceptors (Lipinski definition) is 6. The molecule has 0 unspecified atom stereocenters. The van der Waals surface area contributed by atoms with Crippen LogP contribution < -0.4 is 0 Å². The number of hydrogen-bond donors (Lipinski definition) is 0. The maximum Gasteiger partial charge on any atom is 0.287 e. The summed E-state index contributed by atoms with van der Waals surface area (Å²) in [6, 6.07) is 3.16. The zero-order valence-electron chi connectivity index (χ0n) is 14.1. The fraction of sp³-hybridized carbons (Fsp3) is 0.588. The molecule has 24 heavy (non-hydrogen) atoms. The highest BCUT2D eigenvalue weighted by atomic mass is 16.8. The molecule has 2 bridgehead atoms. The minimum absolute atomic E-state index is 0.0166.